The van der Waals surface area contributed by atoms with Crippen LogP contribution in [0.25, 0.3) is 11.3 Å². The molecule has 0 N–H and O–H groups in total. The van der Waals surface area contributed by atoms with Crippen molar-refractivity contribution < 1.29 is 26.3 Å². The highest BCUT2D eigenvalue weighted by Crippen LogP contribution is 2.29. The molecular weight excluding hydrogens is 446 g/mol. The van der Waals surface area contributed by atoms with Crippen LogP contribution in [0.3, 0.4) is 0 Å². The minimum absolute atomic E-state index is 0.0355. The van der Waals surface area contributed by atoms with Crippen molar-refractivity contribution >= 4 is 22.9 Å². The van der Waals surface area contributed by atoms with E-state index in [2.05, 4.69) is 30.6 Å². The molecule has 1 saturated heterocycles. The Morgan fingerprint density at radius 1 is 0.562 bits per heavy atom. The minimum atomic E-state index is -4.70. The fraction of sp³-hybridized carbons (Fsp3) is 0.375. The highest BCUT2D eigenvalue weighted by molar-refractivity contribution is 5.50. The standard InChI is InChI=1S/C16H12F6N10/c17-15(18,19)13-25-23-9-1-3-11(27-31(9)13)29-5-7-30(8-6-29)12-4-2-10-24-26-14(16(20,21)22)32(10)28-12/h1-4H,5-8H2. The number of anilines is 2. The first kappa shape index (κ1) is 20.2. The van der Waals surface area contributed by atoms with Gasteiger partial charge in [-0.15, -0.1) is 30.6 Å². The van der Waals surface area contributed by atoms with Gasteiger partial charge in [0.2, 0.25) is 0 Å². The average molecular weight is 458 g/mol. The zero-order chi connectivity index (χ0) is 22.7. The van der Waals surface area contributed by atoms with Gasteiger partial charge in [-0.1, -0.05) is 0 Å². The van der Waals surface area contributed by atoms with Gasteiger partial charge in [0.05, 0.1) is 0 Å². The van der Waals surface area contributed by atoms with E-state index < -0.39 is 24.0 Å². The average Bonchev–Trinajstić information content (AvgIpc) is 3.36. The van der Waals surface area contributed by atoms with Crippen LogP contribution in [-0.4, -0.2) is 65.8 Å². The molecule has 5 rings (SSSR count). The first-order chi connectivity index (χ1) is 15.1. The van der Waals surface area contributed by atoms with E-state index in [1.54, 1.807) is 9.80 Å². The Bertz CT molecular complexity index is 1180. The van der Waals surface area contributed by atoms with E-state index in [-0.39, 0.29) is 11.3 Å². The topological polar surface area (TPSA) is 92.6 Å². The number of halogens is 6. The molecule has 4 aromatic heterocycles. The van der Waals surface area contributed by atoms with Crippen LogP contribution >= 0.6 is 0 Å². The molecule has 0 amide bonds. The molecular formula is C16H12F6N10. The lowest BCUT2D eigenvalue weighted by Crippen LogP contribution is -2.47. The van der Waals surface area contributed by atoms with Gasteiger partial charge in [-0.25, -0.2) is 0 Å². The lowest BCUT2D eigenvalue weighted by atomic mass is 10.3. The molecule has 10 nitrogen and oxygen atoms in total. The molecule has 32 heavy (non-hydrogen) atoms. The number of rotatable bonds is 2. The number of nitrogens with zero attached hydrogens (tertiary/aromatic N) is 10. The van der Waals surface area contributed by atoms with E-state index in [1.165, 1.54) is 24.3 Å². The Labute approximate surface area is 174 Å². The van der Waals surface area contributed by atoms with Gasteiger partial charge in [0.15, 0.2) is 11.3 Å². The molecule has 0 bridgehead atoms. The third-order valence-corrected chi connectivity index (χ3v) is 4.93. The molecule has 0 aliphatic carbocycles. The summed E-state index contributed by atoms with van der Waals surface area (Å²) in [7, 11) is 0. The van der Waals surface area contributed by atoms with Gasteiger partial charge in [0.1, 0.15) is 11.6 Å². The highest BCUT2D eigenvalue weighted by atomic mass is 19.4. The molecule has 0 aromatic carbocycles. The Hall–Kier alpha value is -3.72. The monoisotopic (exact) mass is 458 g/mol. The van der Waals surface area contributed by atoms with E-state index in [4.69, 9.17) is 0 Å². The van der Waals surface area contributed by atoms with Crippen molar-refractivity contribution in [2.24, 2.45) is 0 Å². The first-order valence-corrected chi connectivity index (χ1v) is 9.20. The number of alkyl halides is 6. The second-order valence-corrected chi connectivity index (χ2v) is 6.94. The first-order valence-electron chi connectivity index (χ1n) is 9.20. The van der Waals surface area contributed by atoms with Crippen LogP contribution in [-0.2, 0) is 12.4 Å². The Morgan fingerprint density at radius 2 is 0.938 bits per heavy atom. The predicted molar refractivity (Wildman–Crippen MR) is 96.0 cm³/mol. The van der Waals surface area contributed by atoms with Gasteiger partial charge in [-0.3, -0.25) is 0 Å². The van der Waals surface area contributed by atoms with Crippen LogP contribution < -0.4 is 9.80 Å². The summed E-state index contributed by atoms with van der Waals surface area (Å²) in [4.78, 5) is 3.52. The van der Waals surface area contributed by atoms with E-state index in [1.807, 2.05) is 0 Å². The van der Waals surface area contributed by atoms with Crippen molar-refractivity contribution in [1.82, 2.24) is 39.6 Å². The molecule has 1 fully saturated rings. The predicted octanol–water partition coefficient (Wildman–Crippen LogP) is 1.93. The summed E-state index contributed by atoms with van der Waals surface area (Å²) in [6.45, 7) is 1.43. The van der Waals surface area contributed by atoms with E-state index in [9.17, 15) is 26.3 Å². The lowest BCUT2D eigenvalue weighted by molar-refractivity contribution is -0.147. The summed E-state index contributed by atoms with van der Waals surface area (Å²) >= 11 is 0. The molecule has 1 aliphatic rings. The normalized spacial score (nSPS) is 15.8. The molecule has 168 valence electrons. The largest absolute Gasteiger partial charge is 0.453 e. The third-order valence-electron chi connectivity index (χ3n) is 4.93. The van der Waals surface area contributed by atoms with Crippen LogP contribution in [0.1, 0.15) is 11.6 Å². The smallest absolute Gasteiger partial charge is 0.352 e. The number of hydrogen-bond acceptors (Lipinski definition) is 8. The zero-order valence-electron chi connectivity index (χ0n) is 15.9. The number of hydrogen-bond donors (Lipinski definition) is 0. The maximum absolute atomic E-state index is 13.1. The van der Waals surface area contributed by atoms with Crippen LogP contribution in [0.4, 0.5) is 38.0 Å². The molecule has 0 spiro atoms. The van der Waals surface area contributed by atoms with Gasteiger partial charge < -0.3 is 9.80 Å². The minimum Gasteiger partial charge on any atom is -0.352 e. The number of piperazine rings is 1. The van der Waals surface area contributed by atoms with Crippen molar-refractivity contribution in [3.05, 3.63) is 35.9 Å². The molecule has 0 atom stereocenters. The van der Waals surface area contributed by atoms with Gasteiger partial charge in [0, 0.05) is 26.2 Å². The summed E-state index contributed by atoms with van der Waals surface area (Å²) in [5.41, 5.74) is -0.0711. The molecule has 5 heterocycles. The van der Waals surface area contributed by atoms with Gasteiger partial charge in [0.25, 0.3) is 11.6 Å². The van der Waals surface area contributed by atoms with E-state index in [0.29, 0.717) is 46.8 Å². The van der Waals surface area contributed by atoms with Crippen LogP contribution in [0, 0.1) is 0 Å². The molecule has 0 saturated carbocycles. The maximum atomic E-state index is 13.1. The Kier molecular flexibility index (Phi) is 4.35. The fourth-order valence-corrected chi connectivity index (χ4v) is 3.41. The fourth-order valence-electron chi connectivity index (χ4n) is 3.41. The second-order valence-electron chi connectivity index (χ2n) is 6.94. The quantitative estimate of drug-likeness (QED) is 0.421. The second kappa shape index (κ2) is 6.89. The molecule has 1 aliphatic heterocycles. The summed E-state index contributed by atoms with van der Waals surface area (Å²) in [5.74, 6) is -1.85. The number of fused-ring (bicyclic) bond motifs is 2. The summed E-state index contributed by atoms with van der Waals surface area (Å²) in [5, 5.41) is 21.3. The molecule has 4 aromatic rings. The van der Waals surface area contributed by atoms with Gasteiger partial charge in [-0.05, 0) is 24.3 Å². The number of aromatic nitrogens is 8. The third kappa shape index (κ3) is 3.40. The summed E-state index contributed by atoms with van der Waals surface area (Å²) in [6, 6.07) is 5.85. The Morgan fingerprint density at radius 3 is 1.28 bits per heavy atom. The summed E-state index contributed by atoms with van der Waals surface area (Å²) < 4.78 is 79.8. The van der Waals surface area contributed by atoms with E-state index in [0.717, 1.165) is 0 Å². The molecule has 0 radical (unpaired) electrons. The van der Waals surface area contributed by atoms with Gasteiger partial charge >= 0.3 is 12.4 Å². The van der Waals surface area contributed by atoms with Crippen molar-refractivity contribution in [3.8, 4) is 0 Å². The molecule has 16 heteroatoms. The van der Waals surface area contributed by atoms with Crippen LogP contribution in [0.2, 0.25) is 0 Å². The van der Waals surface area contributed by atoms with Crippen LogP contribution in [0.5, 0.6) is 0 Å². The highest BCUT2D eigenvalue weighted by Gasteiger charge is 2.39. The van der Waals surface area contributed by atoms with Crippen molar-refractivity contribution in [2.45, 2.75) is 12.4 Å². The lowest BCUT2D eigenvalue weighted by Gasteiger charge is -2.35. The Balaban J connectivity index is 1.36. The van der Waals surface area contributed by atoms with Crippen molar-refractivity contribution in [2.75, 3.05) is 36.0 Å². The summed E-state index contributed by atoms with van der Waals surface area (Å²) in [6.07, 6.45) is -9.41. The van der Waals surface area contributed by atoms with Crippen molar-refractivity contribution in [3.63, 3.8) is 0 Å². The zero-order valence-corrected chi connectivity index (χ0v) is 15.9. The van der Waals surface area contributed by atoms with Gasteiger partial charge in [-0.2, -0.15) is 35.4 Å². The van der Waals surface area contributed by atoms with E-state index >= 15 is 0 Å². The molecule has 0 unspecified atom stereocenters. The van der Waals surface area contributed by atoms with Crippen molar-refractivity contribution in [1.29, 1.82) is 0 Å². The SMILES string of the molecule is FC(F)(F)c1nnc2ccc(N3CCN(c4ccc5nnc(C(F)(F)F)n5n4)CC3)nn12. The maximum Gasteiger partial charge on any atom is 0.453 e. The van der Waals surface area contributed by atoms with Crippen LogP contribution in [0.15, 0.2) is 24.3 Å².